The van der Waals surface area contributed by atoms with Gasteiger partial charge in [-0.05, 0) is 37.6 Å². The summed E-state index contributed by atoms with van der Waals surface area (Å²) in [4.78, 5) is 1.38. The van der Waals surface area contributed by atoms with Gasteiger partial charge in [0.1, 0.15) is 0 Å². The molecule has 0 heterocycles. The van der Waals surface area contributed by atoms with Crippen LogP contribution in [-0.4, -0.2) is 12.3 Å². The van der Waals surface area contributed by atoms with E-state index in [9.17, 15) is 0 Å². The van der Waals surface area contributed by atoms with Crippen molar-refractivity contribution in [3.05, 3.63) is 65.2 Å². The van der Waals surface area contributed by atoms with Crippen LogP contribution in [0.3, 0.4) is 0 Å². The highest BCUT2D eigenvalue weighted by atomic mass is 32.2. The van der Waals surface area contributed by atoms with Crippen LogP contribution in [0.4, 0.5) is 0 Å². The van der Waals surface area contributed by atoms with Gasteiger partial charge in [-0.15, -0.1) is 11.8 Å². The van der Waals surface area contributed by atoms with Crippen LogP contribution in [0.5, 0.6) is 0 Å². The lowest BCUT2D eigenvalue weighted by molar-refractivity contribution is 0.606. The summed E-state index contributed by atoms with van der Waals surface area (Å²) in [6, 6.07) is 17.9. The van der Waals surface area contributed by atoms with Crippen molar-refractivity contribution in [1.82, 2.24) is 5.32 Å². The molecule has 106 valence electrons. The lowest BCUT2D eigenvalue weighted by Gasteiger charge is -2.18. The Balaban J connectivity index is 2.06. The van der Waals surface area contributed by atoms with Crippen molar-refractivity contribution in [2.75, 3.05) is 12.3 Å². The zero-order chi connectivity index (χ0) is 14.4. The topological polar surface area (TPSA) is 12.0 Å². The van der Waals surface area contributed by atoms with Crippen LogP contribution in [0.15, 0.2) is 53.4 Å². The van der Waals surface area contributed by atoms with Gasteiger partial charge in [0.25, 0.3) is 0 Å². The van der Waals surface area contributed by atoms with Crippen LogP contribution in [0.1, 0.15) is 29.7 Å². The SMILES string of the molecule is CCNC(CSc1ccccc1C)c1ccc(C)cc1. The molecule has 1 unspecified atom stereocenters. The third kappa shape index (κ3) is 4.12. The highest BCUT2D eigenvalue weighted by Crippen LogP contribution is 2.27. The quantitative estimate of drug-likeness (QED) is 0.769. The Morgan fingerprint density at radius 1 is 1.00 bits per heavy atom. The van der Waals surface area contributed by atoms with Crippen molar-refractivity contribution >= 4 is 11.8 Å². The molecule has 0 bridgehead atoms. The Labute approximate surface area is 126 Å². The van der Waals surface area contributed by atoms with E-state index in [4.69, 9.17) is 0 Å². The molecule has 0 aromatic heterocycles. The molecule has 2 aromatic rings. The van der Waals surface area contributed by atoms with Gasteiger partial charge in [-0.1, -0.05) is 55.0 Å². The molecule has 0 spiro atoms. The van der Waals surface area contributed by atoms with Gasteiger partial charge < -0.3 is 5.32 Å². The fourth-order valence-corrected chi connectivity index (χ4v) is 3.34. The van der Waals surface area contributed by atoms with Crippen LogP contribution in [0.25, 0.3) is 0 Å². The summed E-state index contributed by atoms with van der Waals surface area (Å²) in [5.74, 6) is 1.06. The van der Waals surface area contributed by atoms with E-state index < -0.39 is 0 Å². The Hall–Kier alpha value is -1.25. The van der Waals surface area contributed by atoms with E-state index in [1.165, 1.54) is 21.6 Å². The number of thioether (sulfide) groups is 1. The minimum atomic E-state index is 0.408. The van der Waals surface area contributed by atoms with Crippen molar-refractivity contribution in [3.8, 4) is 0 Å². The molecule has 0 fully saturated rings. The Kier molecular flexibility index (Phi) is 5.69. The number of benzene rings is 2. The first-order valence-corrected chi connectivity index (χ1v) is 8.17. The normalized spacial score (nSPS) is 12.3. The van der Waals surface area contributed by atoms with Crippen molar-refractivity contribution < 1.29 is 0 Å². The summed E-state index contributed by atoms with van der Waals surface area (Å²) in [5, 5.41) is 3.59. The number of rotatable bonds is 6. The number of hydrogen-bond donors (Lipinski definition) is 1. The van der Waals surface area contributed by atoms with Gasteiger partial charge in [-0.2, -0.15) is 0 Å². The average molecular weight is 285 g/mol. The largest absolute Gasteiger partial charge is 0.309 e. The van der Waals surface area contributed by atoms with Crippen LogP contribution in [0.2, 0.25) is 0 Å². The van der Waals surface area contributed by atoms with Crippen LogP contribution < -0.4 is 5.32 Å². The summed E-state index contributed by atoms with van der Waals surface area (Å²) in [6.07, 6.45) is 0. The summed E-state index contributed by atoms with van der Waals surface area (Å²) in [7, 11) is 0. The molecule has 1 atom stereocenters. The average Bonchev–Trinajstić information content (AvgIpc) is 2.46. The third-order valence-electron chi connectivity index (χ3n) is 3.43. The Morgan fingerprint density at radius 3 is 2.35 bits per heavy atom. The fraction of sp³-hybridized carbons (Fsp3) is 0.333. The molecule has 0 aliphatic heterocycles. The predicted octanol–water partition coefficient (Wildman–Crippen LogP) is 4.75. The molecule has 0 aliphatic carbocycles. The highest BCUT2D eigenvalue weighted by Gasteiger charge is 2.11. The molecule has 0 saturated carbocycles. The van der Waals surface area contributed by atoms with Crippen molar-refractivity contribution in [2.24, 2.45) is 0 Å². The molecule has 0 aliphatic rings. The summed E-state index contributed by atoms with van der Waals surface area (Å²) < 4.78 is 0. The highest BCUT2D eigenvalue weighted by molar-refractivity contribution is 7.99. The third-order valence-corrected chi connectivity index (χ3v) is 4.70. The minimum absolute atomic E-state index is 0.408. The van der Waals surface area contributed by atoms with E-state index in [0.29, 0.717) is 6.04 Å². The van der Waals surface area contributed by atoms with Gasteiger partial charge in [-0.25, -0.2) is 0 Å². The lowest BCUT2D eigenvalue weighted by Crippen LogP contribution is -2.22. The molecule has 1 nitrogen and oxygen atoms in total. The maximum absolute atomic E-state index is 3.59. The fourth-order valence-electron chi connectivity index (χ4n) is 2.21. The molecule has 0 amide bonds. The maximum atomic E-state index is 3.59. The summed E-state index contributed by atoms with van der Waals surface area (Å²) >= 11 is 1.93. The van der Waals surface area contributed by atoms with E-state index in [1.807, 2.05) is 11.8 Å². The molecule has 0 saturated heterocycles. The van der Waals surface area contributed by atoms with Crippen LogP contribution in [-0.2, 0) is 0 Å². The standard InChI is InChI=1S/C18H23NS/c1-4-19-17(16-11-9-14(2)10-12-16)13-20-18-8-6-5-7-15(18)3/h5-12,17,19H,4,13H2,1-3H3. The Morgan fingerprint density at radius 2 is 1.70 bits per heavy atom. The second-order valence-electron chi connectivity index (χ2n) is 5.10. The molecule has 2 heteroatoms. The van der Waals surface area contributed by atoms with Gasteiger partial charge in [-0.3, -0.25) is 0 Å². The number of nitrogens with one attached hydrogen (secondary N) is 1. The molecule has 2 aromatic carbocycles. The minimum Gasteiger partial charge on any atom is -0.309 e. The van der Waals surface area contributed by atoms with Gasteiger partial charge in [0.15, 0.2) is 0 Å². The van der Waals surface area contributed by atoms with E-state index >= 15 is 0 Å². The van der Waals surface area contributed by atoms with E-state index in [-0.39, 0.29) is 0 Å². The van der Waals surface area contributed by atoms with Gasteiger partial charge in [0.05, 0.1) is 0 Å². The van der Waals surface area contributed by atoms with Crippen molar-refractivity contribution in [1.29, 1.82) is 0 Å². The lowest BCUT2D eigenvalue weighted by atomic mass is 10.1. The smallest absolute Gasteiger partial charge is 0.0415 e. The first kappa shape index (κ1) is 15.1. The molecule has 0 radical (unpaired) electrons. The van der Waals surface area contributed by atoms with Crippen LogP contribution in [0, 0.1) is 13.8 Å². The number of aryl methyl sites for hydroxylation is 2. The summed E-state index contributed by atoms with van der Waals surface area (Å²) in [6.45, 7) is 7.47. The molecule has 20 heavy (non-hydrogen) atoms. The van der Waals surface area contributed by atoms with Gasteiger partial charge in [0, 0.05) is 16.7 Å². The number of hydrogen-bond acceptors (Lipinski definition) is 2. The predicted molar refractivity (Wildman–Crippen MR) is 89.5 cm³/mol. The second-order valence-corrected chi connectivity index (χ2v) is 6.16. The zero-order valence-corrected chi connectivity index (χ0v) is 13.3. The first-order chi connectivity index (χ1) is 9.70. The molecular weight excluding hydrogens is 262 g/mol. The Bertz CT molecular complexity index is 533. The van der Waals surface area contributed by atoms with Crippen LogP contribution >= 0.6 is 11.8 Å². The molecule has 1 N–H and O–H groups in total. The van der Waals surface area contributed by atoms with Gasteiger partial charge in [0.2, 0.25) is 0 Å². The van der Waals surface area contributed by atoms with E-state index in [2.05, 4.69) is 74.6 Å². The second kappa shape index (κ2) is 7.51. The van der Waals surface area contributed by atoms with E-state index in [1.54, 1.807) is 0 Å². The van der Waals surface area contributed by atoms with E-state index in [0.717, 1.165) is 12.3 Å². The molecule has 2 rings (SSSR count). The van der Waals surface area contributed by atoms with Gasteiger partial charge >= 0.3 is 0 Å². The summed E-state index contributed by atoms with van der Waals surface area (Å²) in [5.41, 5.74) is 4.05. The maximum Gasteiger partial charge on any atom is 0.0415 e. The zero-order valence-electron chi connectivity index (χ0n) is 12.5. The van der Waals surface area contributed by atoms with Crippen molar-refractivity contribution in [3.63, 3.8) is 0 Å². The molecular formula is C18H23NS. The van der Waals surface area contributed by atoms with Crippen molar-refractivity contribution in [2.45, 2.75) is 31.7 Å². The first-order valence-electron chi connectivity index (χ1n) is 7.19. The monoisotopic (exact) mass is 285 g/mol.